The van der Waals surface area contributed by atoms with Gasteiger partial charge in [0.2, 0.25) is 5.75 Å². The zero-order chi connectivity index (χ0) is 13.6. The third-order valence-corrected chi connectivity index (χ3v) is 4.77. The largest absolute Gasteiger partial charge is 0.486 e. The highest BCUT2D eigenvalue weighted by atomic mass is 16.6. The number of rotatable bonds is 0. The van der Waals surface area contributed by atoms with E-state index in [1.807, 2.05) is 12.1 Å². The van der Waals surface area contributed by atoms with Crippen LogP contribution in [-0.4, -0.2) is 18.8 Å². The molecule has 1 atom stereocenters. The fourth-order valence-electron chi connectivity index (χ4n) is 3.77. The fourth-order valence-corrected chi connectivity index (χ4v) is 3.77. The second-order valence-electron chi connectivity index (χ2n) is 6.16. The van der Waals surface area contributed by atoms with Crippen molar-refractivity contribution in [2.75, 3.05) is 13.2 Å². The molecule has 4 rings (SSSR count). The highest BCUT2D eigenvalue weighted by molar-refractivity contribution is 5.58. The molecule has 1 saturated carbocycles. The van der Waals surface area contributed by atoms with Crippen molar-refractivity contribution in [2.24, 2.45) is 5.73 Å². The summed E-state index contributed by atoms with van der Waals surface area (Å²) in [5, 5.41) is 0. The molecule has 0 radical (unpaired) electrons. The van der Waals surface area contributed by atoms with Gasteiger partial charge in [-0.25, -0.2) is 0 Å². The number of hydrogen-bond donors (Lipinski definition) is 1. The van der Waals surface area contributed by atoms with Crippen molar-refractivity contribution in [2.45, 2.75) is 50.2 Å². The first kappa shape index (κ1) is 12.3. The van der Waals surface area contributed by atoms with Gasteiger partial charge in [0.15, 0.2) is 11.5 Å². The summed E-state index contributed by atoms with van der Waals surface area (Å²) in [4.78, 5) is 0. The van der Waals surface area contributed by atoms with E-state index >= 15 is 0 Å². The van der Waals surface area contributed by atoms with Gasteiger partial charge < -0.3 is 19.9 Å². The second kappa shape index (κ2) is 4.55. The molecule has 0 amide bonds. The lowest BCUT2D eigenvalue weighted by Gasteiger charge is -2.44. The number of hydrogen-bond acceptors (Lipinski definition) is 4. The van der Waals surface area contributed by atoms with E-state index in [2.05, 4.69) is 0 Å². The van der Waals surface area contributed by atoms with Gasteiger partial charge in [-0.3, -0.25) is 0 Å². The topological polar surface area (TPSA) is 53.7 Å². The van der Waals surface area contributed by atoms with Gasteiger partial charge in [-0.15, -0.1) is 0 Å². The molecule has 0 saturated heterocycles. The number of nitrogens with two attached hydrogens (primary N) is 1. The van der Waals surface area contributed by atoms with Crippen LogP contribution in [0.3, 0.4) is 0 Å². The Kier molecular flexibility index (Phi) is 2.81. The maximum atomic E-state index is 6.44. The average Bonchev–Trinajstić information content (AvgIpc) is 2.48. The zero-order valence-electron chi connectivity index (χ0n) is 11.7. The molecular formula is C16H21NO3. The lowest BCUT2D eigenvalue weighted by molar-refractivity contribution is -0.00277. The van der Waals surface area contributed by atoms with E-state index in [4.69, 9.17) is 19.9 Å². The summed E-state index contributed by atoms with van der Waals surface area (Å²) in [6.07, 6.45) is 6.89. The van der Waals surface area contributed by atoms with Crippen LogP contribution >= 0.6 is 0 Å². The maximum Gasteiger partial charge on any atom is 0.204 e. The zero-order valence-corrected chi connectivity index (χ0v) is 11.7. The Bertz CT molecular complexity index is 523. The molecule has 2 N–H and O–H groups in total. The summed E-state index contributed by atoms with van der Waals surface area (Å²) in [6.45, 7) is 1.18. The SMILES string of the molecule is NC1CC2(CCCCC2)Oc2c1ccc1c2OCCO1. The van der Waals surface area contributed by atoms with E-state index in [0.29, 0.717) is 13.2 Å². The van der Waals surface area contributed by atoms with Crippen molar-refractivity contribution in [3.05, 3.63) is 17.7 Å². The Hall–Kier alpha value is -1.42. The molecule has 1 unspecified atom stereocenters. The average molecular weight is 275 g/mol. The maximum absolute atomic E-state index is 6.44. The van der Waals surface area contributed by atoms with Crippen LogP contribution < -0.4 is 19.9 Å². The molecule has 4 nitrogen and oxygen atoms in total. The molecule has 20 heavy (non-hydrogen) atoms. The van der Waals surface area contributed by atoms with Crippen LogP contribution in [0.15, 0.2) is 12.1 Å². The van der Waals surface area contributed by atoms with Crippen molar-refractivity contribution >= 4 is 0 Å². The Morgan fingerprint density at radius 1 is 1.00 bits per heavy atom. The first-order chi connectivity index (χ1) is 9.77. The smallest absolute Gasteiger partial charge is 0.204 e. The highest BCUT2D eigenvalue weighted by Crippen LogP contribution is 2.52. The van der Waals surface area contributed by atoms with Crippen LogP contribution in [-0.2, 0) is 0 Å². The molecule has 1 aromatic carbocycles. The standard InChI is InChI=1S/C16H21NO3/c17-12-10-16(6-2-1-3-7-16)20-14-11(12)4-5-13-15(14)19-9-8-18-13/h4-5,12H,1-3,6-10,17H2. The Morgan fingerprint density at radius 2 is 1.80 bits per heavy atom. The minimum atomic E-state index is -0.0827. The van der Waals surface area contributed by atoms with E-state index in [0.717, 1.165) is 42.1 Å². The Labute approximate surface area is 119 Å². The summed E-state index contributed by atoms with van der Waals surface area (Å²) in [6, 6.07) is 4.02. The molecule has 0 aromatic heterocycles. The van der Waals surface area contributed by atoms with Crippen molar-refractivity contribution in [1.29, 1.82) is 0 Å². The van der Waals surface area contributed by atoms with Gasteiger partial charge in [0.1, 0.15) is 18.8 Å². The van der Waals surface area contributed by atoms with Crippen molar-refractivity contribution < 1.29 is 14.2 Å². The molecule has 4 heteroatoms. The monoisotopic (exact) mass is 275 g/mol. The summed E-state index contributed by atoms with van der Waals surface area (Å²) >= 11 is 0. The summed E-state index contributed by atoms with van der Waals surface area (Å²) < 4.78 is 17.9. The minimum absolute atomic E-state index is 0.0349. The molecule has 1 aromatic rings. The molecule has 1 spiro atoms. The summed E-state index contributed by atoms with van der Waals surface area (Å²) in [5.74, 6) is 2.38. The normalized spacial score (nSPS) is 26.8. The fraction of sp³-hybridized carbons (Fsp3) is 0.625. The van der Waals surface area contributed by atoms with Crippen LogP contribution in [0.25, 0.3) is 0 Å². The van der Waals surface area contributed by atoms with Gasteiger partial charge in [-0.1, -0.05) is 6.42 Å². The molecule has 1 fully saturated rings. The molecular weight excluding hydrogens is 254 g/mol. The van der Waals surface area contributed by atoms with Gasteiger partial charge in [0, 0.05) is 18.0 Å². The van der Waals surface area contributed by atoms with Crippen molar-refractivity contribution in [3.63, 3.8) is 0 Å². The van der Waals surface area contributed by atoms with E-state index in [1.54, 1.807) is 0 Å². The van der Waals surface area contributed by atoms with Crippen LogP contribution in [0.4, 0.5) is 0 Å². The Balaban J connectivity index is 1.77. The van der Waals surface area contributed by atoms with Gasteiger partial charge in [0.05, 0.1) is 0 Å². The van der Waals surface area contributed by atoms with Crippen molar-refractivity contribution in [3.8, 4) is 17.2 Å². The summed E-state index contributed by atoms with van der Waals surface area (Å²) in [7, 11) is 0. The lowest BCUT2D eigenvalue weighted by atomic mass is 9.77. The predicted molar refractivity (Wildman–Crippen MR) is 75.4 cm³/mol. The van der Waals surface area contributed by atoms with E-state index in [9.17, 15) is 0 Å². The van der Waals surface area contributed by atoms with Crippen LogP contribution in [0, 0.1) is 0 Å². The van der Waals surface area contributed by atoms with Crippen LogP contribution in [0.2, 0.25) is 0 Å². The third kappa shape index (κ3) is 1.85. The van der Waals surface area contributed by atoms with Crippen LogP contribution in [0.1, 0.15) is 50.1 Å². The molecule has 2 aliphatic heterocycles. The lowest BCUT2D eigenvalue weighted by Crippen LogP contribution is -2.44. The van der Waals surface area contributed by atoms with Gasteiger partial charge in [0.25, 0.3) is 0 Å². The van der Waals surface area contributed by atoms with E-state index in [1.165, 1.54) is 19.3 Å². The molecule has 1 aliphatic carbocycles. The summed E-state index contributed by atoms with van der Waals surface area (Å²) in [5.41, 5.74) is 7.39. The number of fused-ring (bicyclic) bond motifs is 3. The van der Waals surface area contributed by atoms with E-state index in [-0.39, 0.29) is 11.6 Å². The van der Waals surface area contributed by atoms with E-state index < -0.39 is 0 Å². The minimum Gasteiger partial charge on any atom is -0.486 e. The van der Waals surface area contributed by atoms with Gasteiger partial charge >= 0.3 is 0 Å². The predicted octanol–water partition coefficient (Wildman–Crippen LogP) is 2.94. The van der Waals surface area contributed by atoms with Gasteiger partial charge in [-0.2, -0.15) is 0 Å². The van der Waals surface area contributed by atoms with Crippen LogP contribution in [0.5, 0.6) is 17.2 Å². The molecule has 0 bridgehead atoms. The van der Waals surface area contributed by atoms with Crippen molar-refractivity contribution in [1.82, 2.24) is 0 Å². The highest BCUT2D eigenvalue weighted by Gasteiger charge is 2.42. The van der Waals surface area contributed by atoms with Gasteiger partial charge in [-0.05, 0) is 37.8 Å². The first-order valence-corrected chi connectivity index (χ1v) is 7.65. The quantitative estimate of drug-likeness (QED) is 0.791. The second-order valence-corrected chi connectivity index (χ2v) is 6.16. The third-order valence-electron chi connectivity index (χ3n) is 4.77. The molecule has 108 valence electrons. The first-order valence-electron chi connectivity index (χ1n) is 7.65. The molecule has 2 heterocycles. The number of benzene rings is 1. The Morgan fingerprint density at radius 3 is 2.65 bits per heavy atom. The number of ether oxygens (including phenoxy) is 3. The molecule has 3 aliphatic rings.